The molecule has 1 amide bonds. The van der Waals surface area contributed by atoms with Crippen LogP contribution in [0.3, 0.4) is 0 Å². The van der Waals surface area contributed by atoms with Crippen molar-refractivity contribution in [3.8, 4) is 17.1 Å². The highest BCUT2D eigenvalue weighted by Gasteiger charge is 2.17. The summed E-state index contributed by atoms with van der Waals surface area (Å²) in [7, 11) is 1.63. The third-order valence-corrected chi connectivity index (χ3v) is 5.48. The minimum absolute atomic E-state index is 0.0138. The summed E-state index contributed by atoms with van der Waals surface area (Å²) in [6, 6.07) is 17.9. The van der Waals surface area contributed by atoms with Gasteiger partial charge in [0, 0.05) is 13.1 Å². The monoisotopic (exact) mass is 422 g/mol. The van der Waals surface area contributed by atoms with Crippen LogP contribution in [0.15, 0.2) is 72.4 Å². The largest absolute Gasteiger partial charge is 0.496 e. The van der Waals surface area contributed by atoms with E-state index in [4.69, 9.17) is 4.74 Å². The first-order valence-electron chi connectivity index (χ1n) is 9.84. The van der Waals surface area contributed by atoms with Gasteiger partial charge in [0.25, 0.3) is 0 Å². The molecule has 0 aliphatic heterocycles. The van der Waals surface area contributed by atoms with Crippen molar-refractivity contribution in [2.24, 2.45) is 0 Å². The minimum Gasteiger partial charge on any atom is -0.496 e. The SMILES string of the molecule is C=CCn1c(SCC(=O)NCCCc2ccccc2)nnc1-c1ccccc1OC. The summed E-state index contributed by atoms with van der Waals surface area (Å²) >= 11 is 1.37. The molecule has 3 aromatic rings. The average Bonchev–Trinajstić information content (AvgIpc) is 3.18. The molecule has 3 rings (SSSR count). The number of thioether (sulfide) groups is 1. The van der Waals surface area contributed by atoms with E-state index in [2.05, 4.69) is 34.2 Å². The van der Waals surface area contributed by atoms with E-state index >= 15 is 0 Å². The highest BCUT2D eigenvalue weighted by molar-refractivity contribution is 7.99. The molecule has 0 fully saturated rings. The highest BCUT2D eigenvalue weighted by atomic mass is 32.2. The number of hydrogen-bond donors (Lipinski definition) is 1. The average molecular weight is 423 g/mol. The number of carbonyl (C=O) groups is 1. The van der Waals surface area contributed by atoms with Gasteiger partial charge in [-0.25, -0.2) is 0 Å². The van der Waals surface area contributed by atoms with Crippen LogP contribution >= 0.6 is 11.8 Å². The first kappa shape index (κ1) is 21.6. The van der Waals surface area contributed by atoms with E-state index in [1.54, 1.807) is 13.2 Å². The van der Waals surface area contributed by atoms with Gasteiger partial charge in [-0.1, -0.05) is 60.3 Å². The lowest BCUT2D eigenvalue weighted by Crippen LogP contribution is -2.26. The molecule has 1 N–H and O–H groups in total. The van der Waals surface area contributed by atoms with Crippen molar-refractivity contribution < 1.29 is 9.53 Å². The molecule has 0 saturated heterocycles. The molecule has 1 aromatic heterocycles. The maximum absolute atomic E-state index is 12.2. The molecule has 30 heavy (non-hydrogen) atoms. The Morgan fingerprint density at radius 1 is 1.17 bits per heavy atom. The van der Waals surface area contributed by atoms with Gasteiger partial charge in [-0.2, -0.15) is 0 Å². The second-order valence-electron chi connectivity index (χ2n) is 6.63. The van der Waals surface area contributed by atoms with Crippen LogP contribution in [-0.4, -0.2) is 40.1 Å². The summed E-state index contributed by atoms with van der Waals surface area (Å²) in [6.07, 6.45) is 3.64. The van der Waals surface area contributed by atoms with E-state index in [0.717, 1.165) is 24.2 Å². The molecular weight excluding hydrogens is 396 g/mol. The molecule has 7 heteroatoms. The van der Waals surface area contributed by atoms with Gasteiger partial charge in [0.15, 0.2) is 11.0 Å². The molecule has 2 aromatic carbocycles. The smallest absolute Gasteiger partial charge is 0.230 e. The van der Waals surface area contributed by atoms with Gasteiger partial charge in [0.05, 0.1) is 18.4 Å². The van der Waals surface area contributed by atoms with Crippen molar-refractivity contribution in [3.05, 3.63) is 72.8 Å². The van der Waals surface area contributed by atoms with Gasteiger partial charge in [0.2, 0.25) is 5.91 Å². The number of benzene rings is 2. The van der Waals surface area contributed by atoms with Crippen molar-refractivity contribution in [2.75, 3.05) is 19.4 Å². The van der Waals surface area contributed by atoms with Gasteiger partial charge in [0.1, 0.15) is 5.75 Å². The van der Waals surface area contributed by atoms with E-state index in [9.17, 15) is 4.79 Å². The second kappa shape index (κ2) is 11.2. The Morgan fingerprint density at radius 2 is 1.93 bits per heavy atom. The fourth-order valence-corrected chi connectivity index (χ4v) is 3.84. The van der Waals surface area contributed by atoms with Gasteiger partial charge < -0.3 is 10.1 Å². The second-order valence-corrected chi connectivity index (χ2v) is 7.58. The van der Waals surface area contributed by atoms with Gasteiger partial charge in [-0.3, -0.25) is 9.36 Å². The van der Waals surface area contributed by atoms with E-state index in [-0.39, 0.29) is 11.7 Å². The summed E-state index contributed by atoms with van der Waals surface area (Å²) in [4.78, 5) is 12.2. The molecule has 0 atom stereocenters. The molecule has 0 unspecified atom stereocenters. The molecule has 1 heterocycles. The zero-order valence-corrected chi connectivity index (χ0v) is 17.9. The predicted molar refractivity (Wildman–Crippen MR) is 121 cm³/mol. The van der Waals surface area contributed by atoms with Gasteiger partial charge >= 0.3 is 0 Å². The van der Waals surface area contributed by atoms with Gasteiger partial charge in [-0.05, 0) is 30.5 Å². The van der Waals surface area contributed by atoms with Crippen LogP contribution in [0.1, 0.15) is 12.0 Å². The number of carbonyl (C=O) groups excluding carboxylic acids is 1. The number of nitrogens with one attached hydrogen (secondary N) is 1. The number of aryl methyl sites for hydroxylation is 1. The number of aromatic nitrogens is 3. The zero-order chi connectivity index (χ0) is 21.2. The number of amides is 1. The lowest BCUT2D eigenvalue weighted by molar-refractivity contribution is -0.118. The van der Waals surface area contributed by atoms with Crippen LogP contribution in [0.2, 0.25) is 0 Å². The van der Waals surface area contributed by atoms with E-state index in [1.165, 1.54) is 17.3 Å². The lowest BCUT2D eigenvalue weighted by atomic mass is 10.1. The molecule has 0 aliphatic carbocycles. The number of allylic oxidation sites excluding steroid dienone is 1. The van der Waals surface area contributed by atoms with E-state index in [0.29, 0.717) is 24.1 Å². The van der Waals surface area contributed by atoms with Crippen LogP contribution < -0.4 is 10.1 Å². The van der Waals surface area contributed by atoms with Crippen LogP contribution in [-0.2, 0) is 17.8 Å². The zero-order valence-electron chi connectivity index (χ0n) is 17.1. The minimum atomic E-state index is -0.0138. The van der Waals surface area contributed by atoms with Gasteiger partial charge in [-0.15, -0.1) is 16.8 Å². The normalized spacial score (nSPS) is 10.6. The Labute approximate surface area is 181 Å². The van der Waals surface area contributed by atoms with Crippen molar-refractivity contribution in [1.29, 1.82) is 0 Å². The van der Waals surface area contributed by atoms with Crippen molar-refractivity contribution in [2.45, 2.75) is 24.5 Å². The number of hydrogen-bond acceptors (Lipinski definition) is 5. The molecular formula is C23H26N4O2S. The lowest BCUT2D eigenvalue weighted by Gasteiger charge is -2.10. The molecule has 0 radical (unpaired) electrons. The summed E-state index contributed by atoms with van der Waals surface area (Å²) in [5.74, 6) is 1.69. The maximum Gasteiger partial charge on any atom is 0.230 e. The highest BCUT2D eigenvalue weighted by Crippen LogP contribution is 2.30. The summed E-state index contributed by atoms with van der Waals surface area (Å²) in [5, 5.41) is 12.3. The summed E-state index contributed by atoms with van der Waals surface area (Å²) in [5.41, 5.74) is 2.13. The van der Waals surface area contributed by atoms with Crippen LogP contribution in [0.5, 0.6) is 5.75 Å². The Morgan fingerprint density at radius 3 is 2.70 bits per heavy atom. The Bertz CT molecular complexity index is 972. The fraction of sp³-hybridized carbons (Fsp3) is 0.261. The van der Waals surface area contributed by atoms with Crippen molar-refractivity contribution >= 4 is 17.7 Å². The molecule has 6 nitrogen and oxygen atoms in total. The standard InChI is InChI=1S/C23H26N4O2S/c1-3-16-27-22(19-13-7-8-14-20(19)29-2)25-26-23(27)30-17-21(28)24-15-9-12-18-10-5-4-6-11-18/h3-8,10-11,13-14H,1,9,12,15-17H2,2H3,(H,24,28). The molecule has 0 bridgehead atoms. The quantitative estimate of drug-likeness (QED) is 0.288. The van der Waals surface area contributed by atoms with Crippen LogP contribution in [0.25, 0.3) is 11.4 Å². The number of ether oxygens (including phenoxy) is 1. The first-order valence-corrected chi connectivity index (χ1v) is 10.8. The first-order chi connectivity index (χ1) is 14.7. The number of para-hydroxylation sites is 1. The Hall–Kier alpha value is -3.06. The van der Waals surface area contributed by atoms with E-state index in [1.807, 2.05) is 47.0 Å². The molecule has 0 aliphatic rings. The van der Waals surface area contributed by atoms with E-state index < -0.39 is 0 Å². The number of methoxy groups -OCH3 is 1. The predicted octanol–water partition coefficient (Wildman–Crippen LogP) is 3.98. The van der Waals surface area contributed by atoms with Crippen LogP contribution in [0, 0.1) is 0 Å². The molecule has 0 spiro atoms. The summed E-state index contributed by atoms with van der Waals surface area (Å²) in [6.45, 7) is 5.02. The van der Waals surface area contributed by atoms with Crippen molar-refractivity contribution in [3.63, 3.8) is 0 Å². The summed E-state index contributed by atoms with van der Waals surface area (Å²) < 4.78 is 7.39. The topological polar surface area (TPSA) is 69.0 Å². The number of rotatable bonds is 11. The molecule has 156 valence electrons. The third kappa shape index (κ3) is 5.73. The molecule has 0 saturated carbocycles. The maximum atomic E-state index is 12.2. The van der Waals surface area contributed by atoms with Crippen LogP contribution in [0.4, 0.5) is 0 Å². The third-order valence-electron chi connectivity index (χ3n) is 4.52. The number of nitrogens with zero attached hydrogens (tertiary/aromatic N) is 3. The Balaban J connectivity index is 1.56. The Kier molecular flexibility index (Phi) is 8.09. The van der Waals surface area contributed by atoms with Crippen molar-refractivity contribution in [1.82, 2.24) is 20.1 Å². The fourth-order valence-electron chi connectivity index (χ4n) is 3.06.